The first-order valence-corrected chi connectivity index (χ1v) is 30.5. The van der Waals surface area contributed by atoms with E-state index in [0.717, 1.165) is 36.6 Å². The summed E-state index contributed by atoms with van der Waals surface area (Å²) >= 11 is 0. The van der Waals surface area contributed by atoms with Crippen LogP contribution >= 0.6 is 31.3 Å². The molecule has 5 aromatic rings. The zero-order valence-corrected chi connectivity index (χ0v) is 45.4. The van der Waals surface area contributed by atoms with Crippen LogP contribution in [-0.2, 0) is 81.0 Å². The fourth-order valence-electron chi connectivity index (χ4n) is 8.67. The summed E-state index contributed by atoms with van der Waals surface area (Å²) in [5, 5.41) is 32.8. The van der Waals surface area contributed by atoms with Crippen molar-refractivity contribution in [3.63, 3.8) is 0 Å². The van der Waals surface area contributed by atoms with Gasteiger partial charge in [0.1, 0.15) is 54.6 Å². The number of imidazole rings is 2. The first-order chi connectivity index (χ1) is 37.4. The van der Waals surface area contributed by atoms with E-state index in [4.69, 9.17) is 48.5 Å². The summed E-state index contributed by atoms with van der Waals surface area (Å²) in [5.41, 5.74) is 8.85. The smallest absolute Gasteiger partial charge is 0.387 e. The molecule has 0 saturated carbocycles. The third-order valence-electron chi connectivity index (χ3n) is 12.2. The number of phosphoric ester groups is 3. The van der Waals surface area contributed by atoms with Gasteiger partial charge in [0.15, 0.2) is 30.2 Å². The Hall–Kier alpha value is -4.74. The van der Waals surface area contributed by atoms with E-state index in [1.54, 1.807) is 0 Å². The highest BCUT2D eigenvalue weighted by Crippen LogP contribution is 2.68. The lowest BCUT2D eigenvalue weighted by Crippen LogP contribution is -2.46. The number of aromatic nitrogens is 10. The minimum absolute atomic E-state index is 0.0183. The standard InChI is InChI=1S/C35H50FN13O26P4S/c1-46-14-49(29-21(46)30(54)45-34(38)44-29)31-22(51)15(8-42-80(64,65)7-3-5-36)16(70-31)9-68-77(58,59)74-79(62,63)75-78(60,61)69-11-18-25(26(66-2)33(72-18)48-13-41-20-27(37)39-12-40-28(20)48)73-76(56,57)67-10-17-23(52)24(53)32(71-17)47-6-4-19(50)43-35(47)55/h4,6,12-18,22-26,31-33,42,51-53H,3,5,7-11H2,1-2H3,(H9-,37,38,39,40,43,44,45,50,54,55,56,57,58,59,60,61,62,63)/p+1/t15-,16-,17-,18-,22-,23-,24-,25-,26-,31-,32-,33-/m1/s1. The lowest BCUT2D eigenvalue weighted by atomic mass is 9.98. The number of nitrogens with one attached hydrogen (secondary N) is 3. The number of aryl methyl sites for hydroxylation is 1. The number of nitrogen functional groups attached to an aromatic ring is 2. The number of anilines is 2. The molecule has 39 nitrogen and oxygen atoms in total. The van der Waals surface area contributed by atoms with Gasteiger partial charge in [0.2, 0.25) is 21.8 Å². The van der Waals surface area contributed by atoms with E-state index in [1.165, 1.54) is 22.5 Å². The largest absolute Gasteiger partial charge is 0.490 e. The normalized spacial score (nSPS) is 29.4. The number of ether oxygens (including phenoxy) is 4. The van der Waals surface area contributed by atoms with E-state index in [9.17, 15) is 80.3 Å². The van der Waals surface area contributed by atoms with Crippen molar-refractivity contribution in [2.75, 3.05) is 57.4 Å². The van der Waals surface area contributed by atoms with Gasteiger partial charge < -0.3 is 65.3 Å². The van der Waals surface area contributed by atoms with E-state index < -0.39 is 177 Å². The van der Waals surface area contributed by atoms with Crippen molar-refractivity contribution >= 4 is 75.4 Å². The van der Waals surface area contributed by atoms with Gasteiger partial charge in [-0.3, -0.25) is 55.7 Å². The number of methoxy groups -OCH3 is 1. The Labute approximate surface area is 445 Å². The van der Waals surface area contributed by atoms with Gasteiger partial charge in [0.05, 0.1) is 51.7 Å². The Kier molecular flexibility index (Phi) is 18.3. The number of rotatable bonds is 25. The molecule has 16 atom stereocenters. The average molecular weight is 1240 g/mol. The van der Waals surface area contributed by atoms with Crippen molar-refractivity contribution in [1.29, 1.82) is 0 Å². The summed E-state index contributed by atoms with van der Waals surface area (Å²) in [5.74, 6) is -2.60. The highest BCUT2D eigenvalue weighted by molar-refractivity contribution is 7.89. The van der Waals surface area contributed by atoms with E-state index in [2.05, 4.69) is 38.3 Å². The number of sulfonamides is 1. The molecule has 4 unspecified atom stereocenters. The van der Waals surface area contributed by atoms with Crippen LogP contribution in [0.2, 0.25) is 0 Å². The van der Waals surface area contributed by atoms with Crippen LogP contribution in [0, 0.1) is 5.92 Å². The number of H-pyrrole nitrogens is 2. The highest BCUT2D eigenvalue weighted by atomic mass is 32.2. The van der Waals surface area contributed by atoms with Gasteiger partial charge in [-0.25, -0.2) is 55.7 Å². The minimum Gasteiger partial charge on any atom is -0.387 e. The van der Waals surface area contributed by atoms with Crippen LogP contribution in [0.4, 0.5) is 16.2 Å². The lowest BCUT2D eigenvalue weighted by Gasteiger charge is -2.26. The average Bonchev–Trinajstić information content (AvgIpc) is 4.36. The predicted molar refractivity (Wildman–Crippen MR) is 258 cm³/mol. The molecule has 14 N–H and O–H groups in total. The number of aliphatic hydroxyl groups excluding tert-OH is 3. The van der Waals surface area contributed by atoms with E-state index >= 15 is 0 Å². The number of halogens is 1. The van der Waals surface area contributed by atoms with Crippen molar-refractivity contribution in [2.45, 2.75) is 73.9 Å². The van der Waals surface area contributed by atoms with Crippen molar-refractivity contribution in [2.24, 2.45) is 13.0 Å². The van der Waals surface area contributed by atoms with Crippen molar-refractivity contribution in [3.8, 4) is 0 Å². The van der Waals surface area contributed by atoms with E-state index in [1.807, 2.05) is 4.98 Å². The number of alkyl halides is 1. The molecule has 0 bridgehead atoms. The molecule has 8 rings (SSSR count). The Bertz CT molecular complexity index is 3590. The molecule has 3 saturated heterocycles. The van der Waals surface area contributed by atoms with Crippen LogP contribution in [-0.4, -0.2) is 182 Å². The van der Waals surface area contributed by atoms with Gasteiger partial charge in [-0.15, -0.1) is 0 Å². The van der Waals surface area contributed by atoms with Gasteiger partial charge in [-0.1, -0.05) is 4.98 Å². The molecule has 0 aromatic carbocycles. The number of fused-ring (bicyclic) bond motifs is 2. The molecule has 80 heavy (non-hydrogen) atoms. The zero-order chi connectivity index (χ0) is 58.4. The number of hydrogen-bond acceptors (Lipinski definition) is 28. The zero-order valence-electron chi connectivity index (χ0n) is 41.0. The second-order valence-corrected chi connectivity index (χ2v) is 25.6. The summed E-state index contributed by atoms with van der Waals surface area (Å²) in [6, 6.07) is 0.910. The van der Waals surface area contributed by atoms with E-state index in [0.29, 0.717) is 4.57 Å². The topological polar surface area (TPSA) is 553 Å². The molecule has 3 aliphatic heterocycles. The number of phosphoric acid groups is 4. The van der Waals surface area contributed by atoms with Gasteiger partial charge in [-0.05, 0) is 6.42 Å². The SMILES string of the molecule is CO[C@@H]1[C@H](OP(=O)(O)OC[C@H]2O[C@@H](n3ccc(=O)[nH]c3=O)[C@H](O)[C@@H]2O)[C@@H](COP(=O)(O)OP(=O)(O)OP(=O)(O)OC[C@H]2O[C@@H]([n+]3cn(C)c4c(=O)[nH]c(N)nc43)[C@H](O)[C@@H]2CNS(=O)(=O)CCCF)O[C@H]1n1cnc2c(N)ncnc21. The summed E-state index contributed by atoms with van der Waals surface area (Å²) < 4.78 is 149. The molecule has 0 amide bonds. The van der Waals surface area contributed by atoms with Crippen LogP contribution in [0.15, 0.2) is 45.6 Å². The summed E-state index contributed by atoms with van der Waals surface area (Å²) in [4.78, 5) is 99.7. The van der Waals surface area contributed by atoms with Crippen LogP contribution in [0.5, 0.6) is 0 Å². The number of aliphatic hydroxyl groups is 3. The maximum Gasteiger partial charge on any atom is 0.490 e. The Balaban J connectivity index is 0.954. The van der Waals surface area contributed by atoms with Crippen molar-refractivity contribution < 1.29 is 116 Å². The maximum absolute atomic E-state index is 13.6. The highest BCUT2D eigenvalue weighted by Gasteiger charge is 2.54. The number of nitrogens with two attached hydrogens (primary N) is 2. The first-order valence-electron chi connectivity index (χ1n) is 22.9. The second-order valence-electron chi connectivity index (χ2n) is 17.6. The van der Waals surface area contributed by atoms with Crippen molar-refractivity contribution in [1.82, 2.24) is 48.3 Å². The quantitative estimate of drug-likeness (QED) is 0.0194. The van der Waals surface area contributed by atoms with Gasteiger partial charge in [-0.2, -0.15) is 8.62 Å². The predicted octanol–water partition coefficient (Wildman–Crippen LogP) is -4.34. The lowest BCUT2D eigenvalue weighted by molar-refractivity contribution is -0.745. The molecule has 8 heterocycles. The Morgan fingerprint density at radius 3 is 2.14 bits per heavy atom. The summed E-state index contributed by atoms with van der Waals surface area (Å²) in [7, 11) is -25.6. The summed E-state index contributed by atoms with van der Waals surface area (Å²) in [6.07, 6.45) is -15.0. The van der Waals surface area contributed by atoms with Gasteiger partial charge in [0, 0.05) is 31.8 Å². The fourth-order valence-corrected chi connectivity index (χ4v) is 14.2. The van der Waals surface area contributed by atoms with Crippen LogP contribution in [0.3, 0.4) is 0 Å². The fraction of sp³-hybridized carbons (Fsp3) is 0.600. The Morgan fingerprint density at radius 2 is 1.48 bits per heavy atom. The van der Waals surface area contributed by atoms with Crippen LogP contribution in [0.25, 0.3) is 22.3 Å². The maximum atomic E-state index is 13.6. The van der Waals surface area contributed by atoms with Gasteiger partial charge >= 0.3 is 42.6 Å². The third kappa shape index (κ3) is 13.7. The molecule has 0 aliphatic carbocycles. The molecule has 3 fully saturated rings. The van der Waals surface area contributed by atoms with Crippen LogP contribution < -0.4 is 37.6 Å². The first kappa shape index (κ1) is 61.3. The van der Waals surface area contributed by atoms with Crippen molar-refractivity contribution in [3.05, 3.63) is 62.4 Å². The molecule has 444 valence electrons. The number of nitrogens with zero attached hydrogens (tertiary/aromatic N) is 8. The molecular weight excluding hydrogens is 1190 g/mol. The molecule has 0 radical (unpaired) electrons. The molecule has 45 heteroatoms. The number of aromatic amines is 2. The number of hydrogen-bond donors (Lipinski definition) is 12. The van der Waals surface area contributed by atoms with Gasteiger partial charge in [0.25, 0.3) is 17.1 Å². The molecule has 5 aromatic heterocycles. The minimum atomic E-state index is -6.31. The third-order valence-corrected chi connectivity index (χ3v) is 18.9. The molecule has 0 spiro atoms. The monoisotopic (exact) mass is 1240 g/mol. The Morgan fingerprint density at radius 1 is 0.825 bits per heavy atom. The summed E-state index contributed by atoms with van der Waals surface area (Å²) in [6.45, 7) is -5.24. The van der Waals surface area contributed by atoms with E-state index in [-0.39, 0.29) is 34.1 Å². The second kappa shape index (κ2) is 23.9. The molecular formula is C35H51FN13O26P4S+. The van der Waals surface area contributed by atoms with Crippen LogP contribution in [0.1, 0.15) is 25.1 Å². The molecule has 3 aliphatic rings.